The highest BCUT2D eigenvalue weighted by atomic mass is 19.1. The molecule has 1 aliphatic rings. The first-order valence-electron chi connectivity index (χ1n) is 9.10. The molecule has 1 saturated carbocycles. The van der Waals surface area contributed by atoms with Crippen LogP contribution in [0.25, 0.3) is 0 Å². The first kappa shape index (κ1) is 19.0. The van der Waals surface area contributed by atoms with Gasteiger partial charge in [-0.15, -0.1) is 0 Å². The van der Waals surface area contributed by atoms with Gasteiger partial charge in [0.2, 0.25) is 5.91 Å². The number of nitrogens with one attached hydrogen (secondary N) is 2. The lowest BCUT2D eigenvalue weighted by atomic mass is 9.78. The molecule has 0 aromatic heterocycles. The molecule has 4 nitrogen and oxygen atoms in total. The SMILES string of the molecule is O=C(NCCNC(=O)C1(c2cccc(F)c2)CCCC1)c1ccccc1F. The average Bonchev–Trinajstić information content (AvgIpc) is 3.16. The van der Waals surface area contributed by atoms with Crippen LogP contribution in [0.3, 0.4) is 0 Å². The van der Waals surface area contributed by atoms with Crippen LogP contribution >= 0.6 is 0 Å². The molecule has 0 unspecified atom stereocenters. The fraction of sp³-hybridized carbons (Fsp3) is 0.333. The van der Waals surface area contributed by atoms with Gasteiger partial charge >= 0.3 is 0 Å². The molecule has 0 radical (unpaired) electrons. The van der Waals surface area contributed by atoms with Gasteiger partial charge in [-0.2, -0.15) is 0 Å². The molecule has 1 aliphatic carbocycles. The third-order valence-electron chi connectivity index (χ3n) is 5.08. The second-order valence-electron chi connectivity index (χ2n) is 6.79. The molecule has 6 heteroatoms. The van der Waals surface area contributed by atoms with Crippen LogP contribution in [0.5, 0.6) is 0 Å². The predicted molar refractivity (Wildman–Crippen MR) is 98.3 cm³/mol. The normalized spacial score (nSPS) is 15.3. The van der Waals surface area contributed by atoms with E-state index in [-0.39, 0.29) is 30.4 Å². The van der Waals surface area contributed by atoms with E-state index in [2.05, 4.69) is 10.6 Å². The van der Waals surface area contributed by atoms with Gasteiger partial charge < -0.3 is 10.6 Å². The van der Waals surface area contributed by atoms with Gasteiger partial charge in [-0.1, -0.05) is 37.1 Å². The zero-order chi connectivity index (χ0) is 19.3. The zero-order valence-corrected chi connectivity index (χ0v) is 14.9. The lowest BCUT2D eigenvalue weighted by Gasteiger charge is -2.28. The van der Waals surface area contributed by atoms with Crippen molar-refractivity contribution in [3.63, 3.8) is 0 Å². The van der Waals surface area contributed by atoms with Gasteiger partial charge in [-0.05, 0) is 42.7 Å². The summed E-state index contributed by atoms with van der Waals surface area (Å²) in [4.78, 5) is 24.8. The Kier molecular flexibility index (Phi) is 5.84. The Morgan fingerprint density at radius 1 is 0.926 bits per heavy atom. The molecule has 0 atom stereocenters. The smallest absolute Gasteiger partial charge is 0.254 e. The summed E-state index contributed by atoms with van der Waals surface area (Å²) in [5, 5.41) is 5.43. The standard InChI is InChI=1S/C21H22F2N2O2/c22-16-7-5-6-15(14-16)21(10-3-4-11-21)20(27)25-13-12-24-19(26)17-8-1-2-9-18(17)23/h1-2,5-9,14H,3-4,10-13H2,(H,24,26)(H,25,27). The third kappa shape index (κ3) is 4.15. The van der Waals surface area contributed by atoms with Crippen LogP contribution in [0, 0.1) is 11.6 Å². The van der Waals surface area contributed by atoms with Gasteiger partial charge in [0, 0.05) is 13.1 Å². The average molecular weight is 372 g/mol. The summed E-state index contributed by atoms with van der Waals surface area (Å²) in [6, 6.07) is 11.9. The molecule has 142 valence electrons. The first-order chi connectivity index (χ1) is 13.0. The Morgan fingerprint density at radius 3 is 2.33 bits per heavy atom. The van der Waals surface area contributed by atoms with Gasteiger partial charge in [-0.25, -0.2) is 8.78 Å². The van der Waals surface area contributed by atoms with Gasteiger partial charge in [-0.3, -0.25) is 9.59 Å². The molecule has 2 aromatic carbocycles. The van der Waals surface area contributed by atoms with Crippen molar-refractivity contribution in [2.75, 3.05) is 13.1 Å². The summed E-state index contributed by atoms with van der Waals surface area (Å²) in [5.74, 6) is -1.63. The second kappa shape index (κ2) is 8.29. The lowest BCUT2D eigenvalue weighted by Crippen LogP contribution is -2.45. The largest absolute Gasteiger partial charge is 0.354 e. The number of benzene rings is 2. The van der Waals surface area contributed by atoms with Crippen molar-refractivity contribution in [3.8, 4) is 0 Å². The van der Waals surface area contributed by atoms with Crippen LogP contribution in [0.1, 0.15) is 41.6 Å². The Labute approximate surface area is 157 Å². The van der Waals surface area contributed by atoms with E-state index >= 15 is 0 Å². The number of carbonyl (C=O) groups is 2. The maximum Gasteiger partial charge on any atom is 0.254 e. The number of hydrogen-bond acceptors (Lipinski definition) is 2. The Morgan fingerprint density at radius 2 is 1.63 bits per heavy atom. The number of rotatable bonds is 6. The van der Waals surface area contributed by atoms with Gasteiger partial charge in [0.1, 0.15) is 11.6 Å². The topological polar surface area (TPSA) is 58.2 Å². The van der Waals surface area contributed by atoms with E-state index < -0.39 is 17.1 Å². The van der Waals surface area contributed by atoms with E-state index in [0.717, 1.165) is 12.8 Å². The van der Waals surface area contributed by atoms with Crippen LogP contribution in [0.4, 0.5) is 8.78 Å². The van der Waals surface area contributed by atoms with E-state index in [1.807, 2.05) is 0 Å². The van der Waals surface area contributed by atoms with E-state index in [4.69, 9.17) is 0 Å². The van der Waals surface area contributed by atoms with Crippen molar-refractivity contribution in [1.82, 2.24) is 10.6 Å². The molecule has 0 aliphatic heterocycles. The van der Waals surface area contributed by atoms with Crippen molar-refractivity contribution >= 4 is 11.8 Å². The summed E-state index contributed by atoms with van der Waals surface area (Å²) >= 11 is 0. The van der Waals surface area contributed by atoms with E-state index in [9.17, 15) is 18.4 Å². The van der Waals surface area contributed by atoms with Crippen molar-refractivity contribution in [3.05, 3.63) is 71.3 Å². The fourth-order valence-corrected chi connectivity index (χ4v) is 3.67. The Hall–Kier alpha value is -2.76. The number of amides is 2. The molecule has 0 saturated heterocycles. The summed E-state index contributed by atoms with van der Waals surface area (Å²) in [6.45, 7) is 0.397. The molecule has 0 spiro atoms. The predicted octanol–water partition coefficient (Wildman–Crippen LogP) is 3.32. The molecule has 2 N–H and O–H groups in total. The summed E-state index contributed by atoms with van der Waals surface area (Å²) in [6.07, 6.45) is 3.16. The van der Waals surface area contributed by atoms with Crippen molar-refractivity contribution in [2.45, 2.75) is 31.1 Å². The van der Waals surface area contributed by atoms with Crippen LogP contribution < -0.4 is 10.6 Å². The lowest BCUT2D eigenvalue weighted by molar-refractivity contribution is -0.126. The van der Waals surface area contributed by atoms with E-state index in [0.29, 0.717) is 18.4 Å². The maximum atomic E-state index is 13.6. The third-order valence-corrected chi connectivity index (χ3v) is 5.08. The minimum absolute atomic E-state index is 0.0316. The van der Waals surface area contributed by atoms with Gasteiger partial charge in [0.15, 0.2) is 0 Å². The molecule has 0 heterocycles. The fourth-order valence-electron chi connectivity index (χ4n) is 3.67. The highest BCUT2D eigenvalue weighted by Gasteiger charge is 2.42. The van der Waals surface area contributed by atoms with Gasteiger partial charge in [0.25, 0.3) is 5.91 Å². The van der Waals surface area contributed by atoms with E-state index in [1.54, 1.807) is 18.2 Å². The van der Waals surface area contributed by atoms with Crippen LogP contribution in [0.15, 0.2) is 48.5 Å². The van der Waals surface area contributed by atoms with Gasteiger partial charge in [0.05, 0.1) is 11.0 Å². The Balaban J connectivity index is 1.58. The number of hydrogen-bond donors (Lipinski definition) is 2. The van der Waals surface area contributed by atoms with E-state index in [1.165, 1.54) is 30.3 Å². The maximum absolute atomic E-state index is 13.6. The first-order valence-corrected chi connectivity index (χ1v) is 9.10. The second-order valence-corrected chi connectivity index (χ2v) is 6.79. The summed E-state index contributed by atoms with van der Waals surface area (Å²) in [5.41, 5.74) is -0.0683. The molecule has 2 amide bonds. The van der Waals surface area contributed by atoms with Crippen LogP contribution in [0.2, 0.25) is 0 Å². The van der Waals surface area contributed by atoms with Crippen LogP contribution in [-0.2, 0) is 10.2 Å². The quantitative estimate of drug-likeness (QED) is 0.765. The monoisotopic (exact) mass is 372 g/mol. The molecule has 2 aromatic rings. The number of carbonyl (C=O) groups excluding carboxylic acids is 2. The molecular formula is C21H22F2N2O2. The number of halogens is 2. The minimum Gasteiger partial charge on any atom is -0.354 e. The summed E-state index contributed by atoms with van der Waals surface area (Å²) in [7, 11) is 0. The molecular weight excluding hydrogens is 350 g/mol. The zero-order valence-electron chi connectivity index (χ0n) is 14.9. The highest BCUT2D eigenvalue weighted by Crippen LogP contribution is 2.41. The minimum atomic E-state index is -0.725. The molecule has 3 rings (SSSR count). The molecule has 1 fully saturated rings. The highest BCUT2D eigenvalue weighted by molar-refractivity contribution is 5.94. The van der Waals surface area contributed by atoms with Crippen molar-refractivity contribution in [1.29, 1.82) is 0 Å². The Bertz CT molecular complexity index is 832. The summed E-state index contributed by atoms with van der Waals surface area (Å²) < 4.78 is 27.2. The van der Waals surface area contributed by atoms with Crippen LogP contribution in [-0.4, -0.2) is 24.9 Å². The molecule has 0 bridgehead atoms. The van der Waals surface area contributed by atoms with Crippen molar-refractivity contribution < 1.29 is 18.4 Å². The van der Waals surface area contributed by atoms with Crippen molar-refractivity contribution in [2.24, 2.45) is 0 Å². The molecule has 27 heavy (non-hydrogen) atoms.